The Kier molecular flexibility index (Phi) is 5.29. The summed E-state index contributed by atoms with van der Waals surface area (Å²) in [6.07, 6.45) is 7.26. The van der Waals surface area contributed by atoms with E-state index >= 15 is 0 Å². The second kappa shape index (κ2) is 5.50. The maximum atomic E-state index is 11.1. The first-order chi connectivity index (χ1) is 6.70. The van der Waals surface area contributed by atoms with Crippen LogP contribution in [0.15, 0.2) is 0 Å². The molecule has 15 heavy (non-hydrogen) atoms. The van der Waals surface area contributed by atoms with Gasteiger partial charge in [-0.25, -0.2) is 13.1 Å². The molecule has 0 saturated carbocycles. The molecule has 0 rings (SSSR count). The smallest absolute Gasteiger partial charge is 0.209 e. The summed E-state index contributed by atoms with van der Waals surface area (Å²) < 4.78 is 24.6. The van der Waals surface area contributed by atoms with Crippen molar-refractivity contribution < 1.29 is 8.42 Å². The van der Waals surface area contributed by atoms with Gasteiger partial charge in [0.15, 0.2) is 0 Å². The topological polar surface area (TPSA) is 58.2 Å². The molecule has 0 spiro atoms. The van der Waals surface area contributed by atoms with E-state index in [0.717, 1.165) is 12.7 Å². The molecule has 0 aliphatic heterocycles. The van der Waals surface area contributed by atoms with Gasteiger partial charge in [0.05, 0.1) is 12.3 Å². The van der Waals surface area contributed by atoms with Crippen molar-refractivity contribution in [2.24, 2.45) is 0 Å². The predicted octanol–water partition coefficient (Wildman–Crippen LogP) is 0.316. The minimum Gasteiger partial charge on any atom is -0.302 e. The van der Waals surface area contributed by atoms with Crippen molar-refractivity contribution in [3.05, 3.63) is 0 Å². The molecule has 2 N–H and O–H groups in total. The van der Waals surface area contributed by atoms with E-state index in [1.807, 2.05) is 20.8 Å². The van der Waals surface area contributed by atoms with Crippen LogP contribution in [0.4, 0.5) is 0 Å². The number of terminal acetylenes is 1. The number of nitrogens with one attached hydrogen (secondary N) is 2. The summed E-state index contributed by atoms with van der Waals surface area (Å²) in [7, 11) is -3.18. The first-order valence-corrected chi connectivity index (χ1v) is 6.78. The maximum Gasteiger partial charge on any atom is 0.209 e. The lowest BCUT2D eigenvalue weighted by molar-refractivity contribution is 0.406. The molecule has 0 amide bonds. The number of hydrogen-bond acceptors (Lipinski definition) is 3. The van der Waals surface area contributed by atoms with Crippen molar-refractivity contribution in [3.63, 3.8) is 0 Å². The second-order valence-corrected chi connectivity index (χ2v) is 6.01. The van der Waals surface area contributed by atoms with Gasteiger partial charge in [0.1, 0.15) is 0 Å². The van der Waals surface area contributed by atoms with Crippen LogP contribution < -0.4 is 10.0 Å². The summed E-state index contributed by atoms with van der Waals surface area (Å²) in [6.45, 7) is 6.10. The van der Waals surface area contributed by atoms with E-state index in [1.54, 1.807) is 0 Å². The number of sulfonamides is 1. The number of hydrogen-bond donors (Lipinski definition) is 2. The molecule has 0 aromatic carbocycles. The van der Waals surface area contributed by atoms with Crippen LogP contribution in [-0.2, 0) is 10.0 Å². The fourth-order valence-electron chi connectivity index (χ4n) is 1.24. The van der Waals surface area contributed by atoms with Crippen LogP contribution in [0.25, 0.3) is 0 Å². The predicted molar refractivity (Wildman–Crippen MR) is 63.0 cm³/mol. The zero-order valence-electron chi connectivity index (χ0n) is 9.79. The molecule has 0 heterocycles. The highest BCUT2D eigenvalue weighted by Gasteiger charge is 2.22. The standard InChI is InChI=1S/C10H20N2O2S/c1-6-9(7-2)11-8-10(3,4)12-15(5,13)14/h1,9,11-12H,7-8H2,2-5H3. The van der Waals surface area contributed by atoms with Crippen molar-refractivity contribution in [2.45, 2.75) is 38.8 Å². The normalized spacial score (nSPS) is 14.6. The Hall–Kier alpha value is -0.570. The molecule has 0 aliphatic carbocycles. The Morgan fingerprint density at radius 3 is 2.33 bits per heavy atom. The minimum atomic E-state index is -3.18. The largest absolute Gasteiger partial charge is 0.302 e. The Balaban J connectivity index is 4.22. The molecule has 0 aliphatic rings. The maximum absolute atomic E-state index is 11.1. The van der Waals surface area contributed by atoms with Gasteiger partial charge >= 0.3 is 0 Å². The van der Waals surface area contributed by atoms with Crippen molar-refractivity contribution >= 4 is 10.0 Å². The lowest BCUT2D eigenvalue weighted by atomic mass is 10.1. The van der Waals surface area contributed by atoms with E-state index in [2.05, 4.69) is 16.0 Å². The molecule has 0 bridgehead atoms. The SMILES string of the molecule is C#CC(CC)NCC(C)(C)NS(C)(=O)=O. The fourth-order valence-corrected chi connectivity index (χ4v) is 2.31. The van der Waals surface area contributed by atoms with E-state index in [9.17, 15) is 8.42 Å². The number of rotatable bonds is 6. The highest BCUT2D eigenvalue weighted by molar-refractivity contribution is 7.88. The minimum absolute atomic E-state index is 0.00867. The van der Waals surface area contributed by atoms with Crippen molar-refractivity contribution in [1.29, 1.82) is 0 Å². The summed E-state index contributed by atoms with van der Waals surface area (Å²) in [5, 5.41) is 3.12. The van der Waals surface area contributed by atoms with Gasteiger partial charge in [-0.3, -0.25) is 0 Å². The van der Waals surface area contributed by atoms with E-state index < -0.39 is 15.6 Å². The van der Waals surface area contributed by atoms with Gasteiger partial charge in [-0.1, -0.05) is 12.8 Å². The van der Waals surface area contributed by atoms with Crippen molar-refractivity contribution in [3.8, 4) is 12.3 Å². The van der Waals surface area contributed by atoms with Gasteiger partial charge in [0.25, 0.3) is 0 Å². The summed E-state index contributed by atoms with van der Waals surface area (Å²) in [5.41, 5.74) is -0.530. The molecule has 1 atom stereocenters. The lowest BCUT2D eigenvalue weighted by Crippen LogP contribution is -2.51. The molecule has 4 nitrogen and oxygen atoms in total. The van der Waals surface area contributed by atoms with E-state index in [4.69, 9.17) is 6.42 Å². The highest BCUT2D eigenvalue weighted by atomic mass is 32.2. The van der Waals surface area contributed by atoms with Crippen molar-refractivity contribution in [2.75, 3.05) is 12.8 Å². The Labute approximate surface area is 92.9 Å². The average Bonchev–Trinajstić information content (AvgIpc) is 2.01. The van der Waals surface area contributed by atoms with Crippen LogP contribution in [0, 0.1) is 12.3 Å². The zero-order valence-corrected chi connectivity index (χ0v) is 10.6. The van der Waals surface area contributed by atoms with E-state index in [-0.39, 0.29) is 6.04 Å². The highest BCUT2D eigenvalue weighted by Crippen LogP contribution is 2.03. The molecule has 0 fully saturated rings. The third kappa shape index (κ3) is 7.37. The molecule has 0 aromatic rings. The van der Waals surface area contributed by atoms with Crippen LogP contribution in [-0.4, -0.2) is 32.8 Å². The van der Waals surface area contributed by atoms with Crippen LogP contribution >= 0.6 is 0 Å². The average molecular weight is 232 g/mol. The summed E-state index contributed by atoms with van der Waals surface area (Å²) in [6, 6.07) is -0.00867. The van der Waals surface area contributed by atoms with Crippen molar-refractivity contribution in [1.82, 2.24) is 10.0 Å². The van der Waals surface area contributed by atoms with Gasteiger partial charge < -0.3 is 5.32 Å². The Morgan fingerprint density at radius 1 is 1.47 bits per heavy atom. The first kappa shape index (κ1) is 14.4. The van der Waals surface area contributed by atoms with E-state index in [1.165, 1.54) is 0 Å². The van der Waals surface area contributed by atoms with Gasteiger partial charge in [-0.15, -0.1) is 6.42 Å². The Morgan fingerprint density at radius 2 is 2.00 bits per heavy atom. The third-order valence-electron chi connectivity index (χ3n) is 1.86. The first-order valence-electron chi connectivity index (χ1n) is 4.88. The summed E-state index contributed by atoms with van der Waals surface area (Å²) >= 11 is 0. The second-order valence-electron chi connectivity index (χ2n) is 4.27. The van der Waals surface area contributed by atoms with Crippen LogP contribution in [0.2, 0.25) is 0 Å². The lowest BCUT2D eigenvalue weighted by Gasteiger charge is -2.26. The van der Waals surface area contributed by atoms with Crippen LogP contribution in [0.5, 0.6) is 0 Å². The fraction of sp³-hybridized carbons (Fsp3) is 0.800. The zero-order chi connectivity index (χ0) is 12.1. The van der Waals surface area contributed by atoms with Crippen LogP contribution in [0.3, 0.4) is 0 Å². The Bertz CT molecular complexity index is 328. The molecular formula is C10H20N2O2S. The van der Waals surface area contributed by atoms with Gasteiger partial charge in [-0.05, 0) is 20.3 Å². The monoisotopic (exact) mass is 232 g/mol. The molecule has 0 radical (unpaired) electrons. The summed E-state index contributed by atoms with van der Waals surface area (Å²) in [4.78, 5) is 0. The molecule has 88 valence electrons. The van der Waals surface area contributed by atoms with Gasteiger partial charge in [0.2, 0.25) is 10.0 Å². The molecule has 5 heteroatoms. The van der Waals surface area contributed by atoms with Gasteiger partial charge in [0, 0.05) is 12.1 Å². The quantitative estimate of drug-likeness (QED) is 0.648. The molecule has 0 aromatic heterocycles. The molecule has 1 unspecified atom stereocenters. The van der Waals surface area contributed by atoms with Gasteiger partial charge in [-0.2, -0.15) is 0 Å². The van der Waals surface area contributed by atoms with E-state index in [0.29, 0.717) is 6.54 Å². The molecule has 0 saturated heterocycles. The molecular weight excluding hydrogens is 212 g/mol. The third-order valence-corrected chi connectivity index (χ3v) is 2.78. The van der Waals surface area contributed by atoms with Crippen LogP contribution in [0.1, 0.15) is 27.2 Å². The summed E-state index contributed by atoms with van der Waals surface area (Å²) in [5.74, 6) is 2.60.